The van der Waals surface area contributed by atoms with Crippen LogP contribution in [-0.2, 0) is 29.7 Å². The van der Waals surface area contributed by atoms with Crippen molar-refractivity contribution in [3.05, 3.63) is 57.1 Å². The molecule has 2 aromatic carbocycles. The van der Waals surface area contributed by atoms with Gasteiger partial charge in [0.15, 0.2) is 11.5 Å². The van der Waals surface area contributed by atoms with Crippen LogP contribution in [0.1, 0.15) is 35.6 Å². The number of carbonyl (C=O) groups is 2. The third kappa shape index (κ3) is 3.27. The number of urea groups is 1. The van der Waals surface area contributed by atoms with Crippen LogP contribution < -0.4 is 14.8 Å². The third-order valence-corrected chi connectivity index (χ3v) is 6.57. The van der Waals surface area contributed by atoms with E-state index in [4.69, 9.17) is 9.47 Å². The lowest BCUT2D eigenvalue weighted by atomic mass is 9.89. The van der Waals surface area contributed by atoms with Crippen LogP contribution in [0.4, 0.5) is 4.79 Å². The number of nitrogens with one attached hydrogen (secondary N) is 1. The largest absolute Gasteiger partial charge is 0.493 e. The first-order chi connectivity index (χ1) is 13.9. The number of halogens is 1. The molecule has 0 saturated carbocycles. The highest BCUT2D eigenvalue weighted by molar-refractivity contribution is 9.10. The first-order valence-corrected chi connectivity index (χ1v) is 10.3. The monoisotopic (exact) mass is 458 g/mol. The number of benzene rings is 2. The van der Waals surface area contributed by atoms with Gasteiger partial charge in [-0.05, 0) is 60.6 Å². The Kier molecular flexibility index (Phi) is 5.02. The van der Waals surface area contributed by atoms with Crippen molar-refractivity contribution in [3.8, 4) is 11.5 Å². The van der Waals surface area contributed by atoms with E-state index in [2.05, 4.69) is 33.4 Å². The Bertz CT molecular complexity index is 1010. The van der Waals surface area contributed by atoms with Gasteiger partial charge >= 0.3 is 6.03 Å². The number of aryl methyl sites for hydroxylation is 2. The molecular weight excluding hydrogens is 436 g/mol. The van der Waals surface area contributed by atoms with E-state index in [0.29, 0.717) is 11.5 Å². The molecular formula is C22H23BrN2O4. The summed E-state index contributed by atoms with van der Waals surface area (Å²) in [5, 5.41) is 2.89. The molecule has 2 aliphatic rings. The molecule has 3 amide bonds. The second-order valence-electron chi connectivity index (χ2n) is 7.58. The van der Waals surface area contributed by atoms with E-state index < -0.39 is 11.6 Å². The maximum Gasteiger partial charge on any atom is 0.325 e. The van der Waals surface area contributed by atoms with Crippen molar-refractivity contribution in [3.63, 3.8) is 0 Å². The molecule has 0 spiro atoms. The van der Waals surface area contributed by atoms with Crippen molar-refractivity contribution >= 4 is 27.9 Å². The topological polar surface area (TPSA) is 67.9 Å². The Hall–Kier alpha value is -2.54. The van der Waals surface area contributed by atoms with Crippen LogP contribution in [0.2, 0.25) is 0 Å². The summed E-state index contributed by atoms with van der Waals surface area (Å²) in [4.78, 5) is 27.3. The molecule has 4 rings (SSSR count). The van der Waals surface area contributed by atoms with Crippen LogP contribution in [0.3, 0.4) is 0 Å². The Labute approximate surface area is 178 Å². The van der Waals surface area contributed by atoms with Gasteiger partial charge in [-0.25, -0.2) is 4.79 Å². The average Bonchev–Trinajstić information content (AvgIpc) is 3.27. The third-order valence-electron chi connectivity index (χ3n) is 5.83. The molecule has 1 aliphatic heterocycles. The second kappa shape index (κ2) is 7.37. The fourth-order valence-corrected chi connectivity index (χ4v) is 4.55. The lowest BCUT2D eigenvalue weighted by molar-refractivity contribution is -0.131. The van der Waals surface area contributed by atoms with Crippen molar-refractivity contribution in [2.75, 3.05) is 14.2 Å². The van der Waals surface area contributed by atoms with E-state index in [1.807, 2.05) is 6.07 Å². The van der Waals surface area contributed by atoms with Gasteiger partial charge in [-0.15, -0.1) is 0 Å². The van der Waals surface area contributed by atoms with Crippen molar-refractivity contribution in [1.82, 2.24) is 10.2 Å². The molecule has 6 nitrogen and oxygen atoms in total. The Morgan fingerprint density at radius 1 is 1.07 bits per heavy atom. The highest BCUT2D eigenvalue weighted by Crippen LogP contribution is 2.36. The van der Waals surface area contributed by atoms with E-state index in [1.54, 1.807) is 33.3 Å². The molecule has 29 heavy (non-hydrogen) atoms. The number of hydrogen-bond acceptors (Lipinski definition) is 4. The maximum atomic E-state index is 13.3. The average molecular weight is 459 g/mol. The predicted octanol–water partition coefficient (Wildman–Crippen LogP) is 3.92. The highest BCUT2D eigenvalue weighted by Gasteiger charge is 2.49. The van der Waals surface area contributed by atoms with Gasteiger partial charge < -0.3 is 14.8 Å². The van der Waals surface area contributed by atoms with E-state index in [1.165, 1.54) is 16.0 Å². The molecule has 0 aromatic heterocycles. The van der Waals surface area contributed by atoms with Gasteiger partial charge in [-0.3, -0.25) is 9.69 Å². The number of methoxy groups -OCH3 is 2. The second-order valence-corrected chi connectivity index (χ2v) is 8.44. The van der Waals surface area contributed by atoms with E-state index in [0.717, 1.165) is 34.9 Å². The molecule has 1 fully saturated rings. The van der Waals surface area contributed by atoms with Gasteiger partial charge in [0, 0.05) is 4.47 Å². The van der Waals surface area contributed by atoms with Gasteiger partial charge in [0.2, 0.25) is 0 Å². The fourth-order valence-electron chi connectivity index (χ4n) is 4.11. The molecule has 2 aromatic rings. The first kappa shape index (κ1) is 19.8. The Balaban J connectivity index is 1.64. The number of ether oxygens (including phenoxy) is 2. The molecule has 1 saturated heterocycles. The number of hydrogen-bond donors (Lipinski definition) is 1. The summed E-state index contributed by atoms with van der Waals surface area (Å²) in [6.07, 6.45) is 3.23. The Morgan fingerprint density at radius 2 is 1.76 bits per heavy atom. The van der Waals surface area contributed by atoms with Gasteiger partial charge in [-0.2, -0.15) is 0 Å². The van der Waals surface area contributed by atoms with Crippen molar-refractivity contribution in [1.29, 1.82) is 0 Å². The molecule has 1 atom stereocenters. The van der Waals surface area contributed by atoms with E-state index in [-0.39, 0.29) is 12.5 Å². The van der Waals surface area contributed by atoms with Crippen molar-refractivity contribution < 1.29 is 19.1 Å². The smallest absolute Gasteiger partial charge is 0.325 e. The number of fused-ring (bicyclic) bond motifs is 1. The maximum absolute atomic E-state index is 13.3. The van der Waals surface area contributed by atoms with Gasteiger partial charge in [0.05, 0.1) is 20.8 Å². The SMILES string of the molecule is COc1cc(Br)c(CN2C(=O)NC(C)(c3ccc4c(c3)CCC4)C2=O)cc1OC. The number of rotatable bonds is 5. The number of imide groups is 1. The highest BCUT2D eigenvalue weighted by atomic mass is 79.9. The number of amides is 3. The van der Waals surface area contributed by atoms with Crippen LogP contribution in [0.15, 0.2) is 34.8 Å². The molecule has 1 unspecified atom stereocenters. The van der Waals surface area contributed by atoms with Gasteiger partial charge in [0.25, 0.3) is 5.91 Å². The minimum absolute atomic E-state index is 0.131. The van der Waals surface area contributed by atoms with Crippen molar-refractivity contribution in [2.24, 2.45) is 0 Å². The van der Waals surface area contributed by atoms with Gasteiger partial charge in [0.1, 0.15) is 5.54 Å². The lowest BCUT2D eigenvalue weighted by Crippen LogP contribution is -2.41. The minimum Gasteiger partial charge on any atom is -0.493 e. The quantitative estimate of drug-likeness (QED) is 0.689. The fraction of sp³-hybridized carbons (Fsp3) is 0.364. The van der Waals surface area contributed by atoms with E-state index >= 15 is 0 Å². The summed E-state index contributed by atoms with van der Waals surface area (Å²) < 4.78 is 11.4. The summed E-state index contributed by atoms with van der Waals surface area (Å²) >= 11 is 3.50. The molecule has 0 radical (unpaired) electrons. The van der Waals surface area contributed by atoms with Crippen LogP contribution in [0, 0.1) is 0 Å². The molecule has 1 N–H and O–H groups in total. The Morgan fingerprint density at radius 3 is 2.48 bits per heavy atom. The lowest BCUT2D eigenvalue weighted by Gasteiger charge is -2.23. The molecule has 7 heteroatoms. The normalized spacial score (nSPS) is 20.6. The van der Waals surface area contributed by atoms with Gasteiger partial charge in [-0.1, -0.05) is 34.1 Å². The standard InChI is InChI=1S/C22H23BrN2O4/c1-22(16-8-7-13-5-4-6-14(13)9-16)20(26)25(21(27)24-22)12-15-10-18(28-2)19(29-3)11-17(15)23/h7-11H,4-6,12H2,1-3H3,(H,24,27). The van der Waals surface area contributed by atoms with Crippen LogP contribution >= 0.6 is 15.9 Å². The number of carbonyl (C=O) groups excluding carboxylic acids is 2. The predicted molar refractivity (Wildman–Crippen MR) is 112 cm³/mol. The van der Waals surface area contributed by atoms with Crippen LogP contribution in [0.25, 0.3) is 0 Å². The molecule has 1 aliphatic carbocycles. The van der Waals surface area contributed by atoms with Crippen molar-refractivity contribution in [2.45, 2.75) is 38.3 Å². The van der Waals surface area contributed by atoms with E-state index in [9.17, 15) is 9.59 Å². The zero-order chi connectivity index (χ0) is 20.8. The summed E-state index contributed by atoms with van der Waals surface area (Å²) in [6.45, 7) is 1.90. The molecule has 0 bridgehead atoms. The molecule has 152 valence electrons. The number of nitrogens with zero attached hydrogens (tertiary/aromatic N) is 1. The zero-order valence-electron chi connectivity index (χ0n) is 16.7. The summed E-state index contributed by atoms with van der Waals surface area (Å²) in [5.41, 5.74) is 3.11. The summed E-state index contributed by atoms with van der Waals surface area (Å²) in [6, 6.07) is 9.24. The van der Waals surface area contributed by atoms with Crippen LogP contribution in [0.5, 0.6) is 11.5 Å². The molecule has 1 heterocycles. The van der Waals surface area contributed by atoms with Crippen LogP contribution in [-0.4, -0.2) is 31.1 Å². The first-order valence-electron chi connectivity index (χ1n) is 9.54. The summed E-state index contributed by atoms with van der Waals surface area (Å²) in [5.74, 6) is 0.851. The minimum atomic E-state index is -1.07. The summed E-state index contributed by atoms with van der Waals surface area (Å²) in [7, 11) is 3.11. The zero-order valence-corrected chi connectivity index (χ0v) is 18.3.